The van der Waals surface area contributed by atoms with Crippen LogP contribution < -0.4 is 0 Å². The first-order valence-corrected chi connectivity index (χ1v) is 3.93. The molecule has 0 radical (unpaired) electrons. The highest BCUT2D eigenvalue weighted by molar-refractivity contribution is 4.82. The minimum atomic E-state index is -0.0660. The largest absolute Gasteiger partial charge is 0.393 e. The predicted molar refractivity (Wildman–Crippen MR) is 38.2 cm³/mol. The van der Waals surface area contributed by atoms with Crippen LogP contribution >= 0.6 is 0 Å². The van der Waals surface area contributed by atoms with Gasteiger partial charge in [0, 0.05) is 0 Å². The highest BCUT2D eigenvalue weighted by atomic mass is 16.3. The average Bonchev–Trinajstić information content (AvgIpc) is 1.61. The number of aliphatic hydroxyl groups is 1. The van der Waals surface area contributed by atoms with Gasteiger partial charge in [0.25, 0.3) is 0 Å². The van der Waals surface area contributed by atoms with E-state index in [4.69, 9.17) is 0 Å². The average molecular weight is 128 g/mol. The van der Waals surface area contributed by atoms with Gasteiger partial charge in [-0.05, 0) is 31.6 Å². The molecule has 1 nitrogen and oxygen atoms in total. The van der Waals surface area contributed by atoms with Crippen LogP contribution in [0.4, 0.5) is 0 Å². The molecule has 0 aromatic carbocycles. The van der Waals surface area contributed by atoms with Crippen molar-refractivity contribution in [3.63, 3.8) is 0 Å². The zero-order chi connectivity index (χ0) is 6.85. The van der Waals surface area contributed by atoms with E-state index >= 15 is 0 Å². The second kappa shape index (κ2) is 2.70. The molecule has 0 aliphatic heterocycles. The van der Waals surface area contributed by atoms with Gasteiger partial charge in [-0.15, -0.1) is 0 Å². The number of hydrogen-bond donors (Lipinski definition) is 1. The fourth-order valence-corrected chi connectivity index (χ4v) is 1.74. The summed E-state index contributed by atoms with van der Waals surface area (Å²) in [6, 6.07) is 0. The summed E-state index contributed by atoms with van der Waals surface area (Å²) >= 11 is 0. The van der Waals surface area contributed by atoms with Crippen LogP contribution in [0.25, 0.3) is 0 Å². The maximum absolute atomic E-state index is 9.17. The van der Waals surface area contributed by atoms with Gasteiger partial charge in [-0.2, -0.15) is 0 Å². The van der Waals surface area contributed by atoms with Crippen LogP contribution in [0.1, 0.15) is 33.1 Å². The normalized spacial score (nSPS) is 37.7. The van der Waals surface area contributed by atoms with E-state index in [1.807, 2.05) is 6.92 Å². The number of hydrogen-bond acceptors (Lipinski definition) is 1. The van der Waals surface area contributed by atoms with E-state index in [0.29, 0.717) is 5.92 Å². The molecule has 1 heteroatoms. The fourth-order valence-electron chi connectivity index (χ4n) is 1.74. The standard InChI is InChI=1S/C8H16O/c1-3-7-4-5-8(7)6(2)9/h6-9H,3-5H2,1-2H3. The van der Waals surface area contributed by atoms with Crippen molar-refractivity contribution in [3.8, 4) is 0 Å². The summed E-state index contributed by atoms with van der Waals surface area (Å²) in [4.78, 5) is 0. The van der Waals surface area contributed by atoms with Gasteiger partial charge < -0.3 is 5.11 Å². The van der Waals surface area contributed by atoms with Gasteiger partial charge in [0.05, 0.1) is 6.10 Å². The minimum absolute atomic E-state index is 0.0660. The molecule has 0 aromatic heterocycles. The van der Waals surface area contributed by atoms with E-state index in [0.717, 1.165) is 5.92 Å². The first kappa shape index (κ1) is 7.07. The molecule has 0 heterocycles. The molecule has 0 spiro atoms. The van der Waals surface area contributed by atoms with E-state index in [2.05, 4.69) is 6.92 Å². The smallest absolute Gasteiger partial charge is 0.0542 e. The molecule has 1 N–H and O–H groups in total. The monoisotopic (exact) mass is 128 g/mol. The minimum Gasteiger partial charge on any atom is -0.393 e. The van der Waals surface area contributed by atoms with Crippen LogP contribution in [0.15, 0.2) is 0 Å². The van der Waals surface area contributed by atoms with E-state index in [-0.39, 0.29) is 6.10 Å². The number of rotatable bonds is 2. The molecule has 3 unspecified atom stereocenters. The molecule has 1 rings (SSSR count). The van der Waals surface area contributed by atoms with Crippen molar-refractivity contribution < 1.29 is 5.11 Å². The lowest BCUT2D eigenvalue weighted by molar-refractivity contribution is 0.0234. The number of aliphatic hydroxyl groups excluding tert-OH is 1. The van der Waals surface area contributed by atoms with Crippen LogP contribution in [0.3, 0.4) is 0 Å². The maximum Gasteiger partial charge on any atom is 0.0542 e. The van der Waals surface area contributed by atoms with Crippen molar-refractivity contribution in [3.05, 3.63) is 0 Å². The Morgan fingerprint density at radius 3 is 2.33 bits per heavy atom. The van der Waals surface area contributed by atoms with Crippen molar-refractivity contribution in [2.24, 2.45) is 11.8 Å². The lowest BCUT2D eigenvalue weighted by Gasteiger charge is -2.38. The van der Waals surface area contributed by atoms with Crippen molar-refractivity contribution in [2.45, 2.75) is 39.2 Å². The Kier molecular flexibility index (Phi) is 2.12. The van der Waals surface area contributed by atoms with Crippen LogP contribution in [0.5, 0.6) is 0 Å². The second-order valence-corrected chi connectivity index (χ2v) is 3.15. The lowest BCUT2D eigenvalue weighted by atomic mass is 9.70. The van der Waals surface area contributed by atoms with Gasteiger partial charge in [0.2, 0.25) is 0 Å². The van der Waals surface area contributed by atoms with Crippen LogP contribution in [0.2, 0.25) is 0 Å². The van der Waals surface area contributed by atoms with E-state index in [9.17, 15) is 5.11 Å². The molecule has 0 amide bonds. The Hall–Kier alpha value is -0.0400. The summed E-state index contributed by atoms with van der Waals surface area (Å²) < 4.78 is 0. The van der Waals surface area contributed by atoms with Crippen molar-refractivity contribution in [1.82, 2.24) is 0 Å². The lowest BCUT2D eigenvalue weighted by Crippen LogP contribution is -2.33. The Labute approximate surface area is 57.1 Å². The molecule has 54 valence electrons. The first-order valence-electron chi connectivity index (χ1n) is 3.93. The maximum atomic E-state index is 9.17. The van der Waals surface area contributed by atoms with E-state index in [1.54, 1.807) is 0 Å². The van der Waals surface area contributed by atoms with Crippen LogP contribution in [-0.4, -0.2) is 11.2 Å². The predicted octanol–water partition coefficient (Wildman–Crippen LogP) is 1.80. The molecule has 0 saturated heterocycles. The third-order valence-electron chi connectivity index (χ3n) is 2.62. The molecule has 1 fully saturated rings. The summed E-state index contributed by atoms with van der Waals surface area (Å²) in [5, 5.41) is 9.17. The summed E-state index contributed by atoms with van der Waals surface area (Å²) in [5.74, 6) is 1.44. The van der Waals surface area contributed by atoms with Crippen molar-refractivity contribution in [1.29, 1.82) is 0 Å². The molecule has 3 atom stereocenters. The zero-order valence-corrected chi connectivity index (χ0v) is 6.30. The van der Waals surface area contributed by atoms with E-state index < -0.39 is 0 Å². The Bertz CT molecular complexity index is 86.6. The third-order valence-corrected chi connectivity index (χ3v) is 2.62. The van der Waals surface area contributed by atoms with Gasteiger partial charge >= 0.3 is 0 Å². The topological polar surface area (TPSA) is 20.2 Å². The molecular weight excluding hydrogens is 112 g/mol. The molecule has 9 heavy (non-hydrogen) atoms. The highest BCUT2D eigenvalue weighted by Crippen LogP contribution is 2.38. The molecule has 0 aromatic rings. The molecular formula is C8H16O. The highest BCUT2D eigenvalue weighted by Gasteiger charge is 2.32. The summed E-state index contributed by atoms with van der Waals surface area (Å²) in [6.07, 6.45) is 3.77. The van der Waals surface area contributed by atoms with Gasteiger partial charge in [0.15, 0.2) is 0 Å². The van der Waals surface area contributed by atoms with Gasteiger partial charge in [-0.1, -0.05) is 13.3 Å². The SMILES string of the molecule is CCC1CCC1C(C)O. The third kappa shape index (κ3) is 1.26. The van der Waals surface area contributed by atoms with Gasteiger partial charge in [-0.3, -0.25) is 0 Å². The van der Waals surface area contributed by atoms with Crippen LogP contribution in [-0.2, 0) is 0 Å². The summed E-state index contributed by atoms with van der Waals surface area (Å²) in [6.45, 7) is 4.12. The molecule has 1 aliphatic rings. The first-order chi connectivity index (χ1) is 4.25. The zero-order valence-electron chi connectivity index (χ0n) is 6.30. The second-order valence-electron chi connectivity index (χ2n) is 3.15. The fraction of sp³-hybridized carbons (Fsp3) is 1.00. The summed E-state index contributed by atoms with van der Waals surface area (Å²) in [7, 11) is 0. The van der Waals surface area contributed by atoms with Crippen molar-refractivity contribution in [2.75, 3.05) is 0 Å². The Balaban J connectivity index is 2.27. The Morgan fingerprint density at radius 1 is 1.56 bits per heavy atom. The van der Waals surface area contributed by atoms with Crippen LogP contribution in [0, 0.1) is 11.8 Å². The van der Waals surface area contributed by atoms with E-state index in [1.165, 1.54) is 19.3 Å². The Morgan fingerprint density at radius 2 is 2.22 bits per heavy atom. The molecule has 1 aliphatic carbocycles. The molecule has 1 saturated carbocycles. The molecule has 0 bridgehead atoms. The van der Waals surface area contributed by atoms with Crippen molar-refractivity contribution >= 4 is 0 Å². The quantitative estimate of drug-likeness (QED) is 0.601. The van der Waals surface area contributed by atoms with Gasteiger partial charge in [0.1, 0.15) is 0 Å². The summed E-state index contributed by atoms with van der Waals surface area (Å²) in [5.41, 5.74) is 0. The van der Waals surface area contributed by atoms with Gasteiger partial charge in [-0.25, -0.2) is 0 Å².